The highest BCUT2D eigenvalue weighted by molar-refractivity contribution is 6.84. The molecule has 18 heavy (non-hydrogen) atoms. The van der Waals surface area contributed by atoms with Crippen LogP contribution in [-0.4, -0.2) is 14.7 Å². The van der Waals surface area contributed by atoms with Gasteiger partial charge in [0.15, 0.2) is 0 Å². The van der Waals surface area contributed by atoms with Gasteiger partial charge in [-0.2, -0.15) is 0 Å². The minimum Gasteiger partial charge on any atom is -0.373 e. The number of ether oxygens (including phenoxy) is 1. The summed E-state index contributed by atoms with van der Waals surface area (Å²) in [4.78, 5) is 0. The molecule has 0 N–H and O–H groups in total. The fourth-order valence-electron chi connectivity index (χ4n) is 2.22. The summed E-state index contributed by atoms with van der Waals surface area (Å²) >= 11 is 0. The van der Waals surface area contributed by atoms with Crippen molar-refractivity contribution in [3.05, 3.63) is 47.7 Å². The van der Waals surface area contributed by atoms with Gasteiger partial charge in [-0.3, -0.25) is 0 Å². The van der Waals surface area contributed by atoms with Crippen LogP contribution in [0.1, 0.15) is 26.3 Å². The van der Waals surface area contributed by atoms with Gasteiger partial charge in [0.05, 0.1) is 21.3 Å². The van der Waals surface area contributed by atoms with Crippen molar-refractivity contribution < 1.29 is 4.74 Å². The molecule has 0 unspecified atom stereocenters. The van der Waals surface area contributed by atoms with Gasteiger partial charge >= 0.3 is 0 Å². The highest BCUT2D eigenvalue weighted by Gasteiger charge is 2.22. The highest BCUT2D eigenvalue weighted by Crippen LogP contribution is 2.21. The summed E-state index contributed by atoms with van der Waals surface area (Å²) in [7, 11) is -1.11. The van der Waals surface area contributed by atoms with Gasteiger partial charge in [0, 0.05) is 0 Å². The van der Waals surface area contributed by atoms with Crippen LogP contribution >= 0.6 is 0 Å². The van der Waals surface area contributed by atoms with Crippen molar-refractivity contribution in [2.75, 3.05) is 6.61 Å². The Morgan fingerprint density at radius 3 is 2.17 bits per heavy atom. The van der Waals surface area contributed by atoms with Gasteiger partial charge in [0.25, 0.3) is 0 Å². The Kier molecular flexibility index (Phi) is 6.99. The van der Waals surface area contributed by atoms with Crippen LogP contribution in [0, 0.1) is 0 Å². The first-order valence-corrected chi connectivity index (χ1v) is 9.75. The molecule has 100 valence electrons. The fourth-order valence-corrected chi connectivity index (χ4v) is 5.02. The Balaban J connectivity index is 2.33. The molecule has 0 atom stereocenters. The Hall–Kier alpha value is -0.863. The lowest BCUT2D eigenvalue weighted by atomic mass is 10.2. The Morgan fingerprint density at radius 1 is 1.00 bits per heavy atom. The van der Waals surface area contributed by atoms with Crippen LogP contribution in [-0.2, 0) is 11.3 Å². The third kappa shape index (κ3) is 4.79. The molecule has 0 amide bonds. The maximum atomic E-state index is 5.68. The minimum absolute atomic E-state index is 0.712. The van der Waals surface area contributed by atoms with Gasteiger partial charge in [-0.05, 0) is 5.56 Å². The second kappa shape index (κ2) is 8.28. The summed E-state index contributed by atoms with van der Waals surface area (Å²) in [6.07, 6.45) is 2.24. The molecule has 0 aromatic heterocycles. The fraction of sp³-hybridized carbons (Fsp3) is 0.500. The number of benzene rings is 1. The van der Waals surface area contributed by atoms with Crippen LogP contribution in [0.4, 0.5) is 0 Å². The topological polar surface area (TPSA) is 9.23 Å². The average molecular weight is 262 g/mol. The summed E-state index contributed by atoms with van der Waals surface area (Å²) in [6.45, 7) is 8.44. The Bertz CT molecular complexity index is 333. The van der Waals surface area contributed by atoms with E-state index in [0.29, 0.717) is 6.61 Å². The van der Waals surface area contributed by atoms with Gasteiger partial charge < -0.3 is 4.74 Å². The molecular formula is C16H26OSi. The van der Waals surface area contributed by atoms with Crippen molar-refractivity contribution in [3.8, 4) is 0 Å². The second-order valence-electron chi connectivity index (χ2n) is 4.83. The summed E-state index contributed by atoms with van der Waals surface area (Å²) in [5, 5.41) is 0. The van der Waals surface area contributed by atoms with Crippen molar-refractivity contribution in [2.45, 2.75) is 45.5 Å². The van der Waals surface area contributed by atoms with Crippen LogP contribution in [0.5, 0.6) is 0 Å². The van der Waals surface area contributed by atoms with E-state index >= 15 is 0 Å². The van der Waals surface area contributed by atoms with Crippen LogP contribution in [0.2, 0.25) is 18.1 Å². The molecule has 1 rings (SSSR count). The van der Waals surface area contributed by atoms with Crippen molar-refractivity contribution >= 4 is 8.07 Å². The van der Waals surface area contributed by atoms with Gasteiger partial charge in [-0.25, -0.2) is 0 Å². The summed E-state index contributed by atoms with van der Waals surface area (Å²) in [6, 6.07) is 14.4. The third-order valence-corrected chi connectivity index (χ3v) is 9.08. The Labute approximate surface area is 113 Å². The summed E-state index contributed by atoms with van der Waals surface area (Å²) in [5.41, 5.74) is 3.73. The molecule has 2 heteroatoms. The van der Waals surface area contributed by atoms with Gasteiger partial charge in [-0.15, -0.1) is 0 Å². The van der Waals surface area contributed by atoms with Gasteiger partial charge in [0.1, 0.15) is 0 Å². The monoisotopic (exact) mass is 262 g/mol. The first kappa shape index (κ1) is 15.2. The third-order valence-electron chi connectivity index (χ3n) is 3.91. The van der Waals surface area contributed by atoms with E-state index in [4.69, 9.17) is 4.74 Å². The number of hydrogen-bond acceptors (Lipinski definition) is 1. The molecule has 0 aliphatic heterocycles. The van der Waals surface area contributed by atoms with Gasteiger partial charge in [0.2, 0.25) is 0 Å². The van der Waals surface area contributed by atoms with Crippen LogP contribution in [0.15, 0.2) is 42.1 Å². The maximum absolute atomic E-state index is 5.68. The zero-order valence-electron chi connectivity index (χ0n) is 12.0. The molecule has 1 nitrogen and oxygen atoms in total. The zero-order chi connectivity index (χ0) is 13.3. The van der Waals surface area contributed by atoms with Crippen molar-refractivity contribution in [2.24, 2.45) is 0 Å². The first-order chi connectivity index (χ1) is 8.76. The Morgan fingerprint density at radius 2 is 1.61 bits per heavy atom. The normalized spacial score (nSPS) is 12.2. The van der Waals surface area contributed by atoms with E-state index in [1.54, 1.807) is 0 Å². The SMILES string of the molecule is CC[Si](/C=C/COCc1ccccc1)(CC)CC. The molecule has 0 fully saturated rings. The van der Waals surface area contributed by atoms with Crippen LogP contribution in [0.3, 0.4) is 0 Å². The predicted octanol–water partition coefficient (Wildman–Crippen LogP) is 4.81. The largest absolute Gasteiger partial charge is 0.373 e. The molecular weight excluding hydrogens is 236 g/mol. The van der Waals surface area contributed by atoms with Crippen LogP contribution in [0.25, 0.3) is 0 Å². The second-order valence-corrected chi connectivity index (χ2v) is 10.0. The van der Waals surface area contributed by atoms with E-state index in [1.165, 1.54) is 23.7 Å². The van der Waals surface area contributed by atoms with Crippen molar-refractivity contribution in [1.29, 1.82) is 0 Å². The molecule has 0 spiro atoms. The lowest BCUT2D eigenvalue weighted by molar-refractivity contribution is 0.149. The molecule has 0 bridgehead atoms. The van der Waals surface area contributed by atoms with E-state index in [2.05, 4.69) is 56.8 Å². The maximum Gasteiger partial charge on any atom is 0.0767 e. The lowest BCUT2D eigenvalue weighted by Crippen LogP contribution is -2.28. The average Bonchev–Trinajstić information content (AvgIpc) is 2.45. The van der Waals surface area contributed by atoms with Crippen molar-refractivity contribution in [1.82, 2.24) is 0 Å². The standard InChI is InChI=1S/C16H26OSi/c1-4-18(5-2,6-3)14-10-13-17-15-16-11-8-7-9-12-16/h7-12,14H,4-6,13,15H2,1-3H3/b14-10+. The molecule has 1 aromatic carbocycles. The van der Waals surface area contributed by atoms with E-state index in [1.807, 2.05) is 6.07 Å². The van der Waals surface area contributed by atoms with Gasteiger partial charge in [-0.1, -0.05) is 81.0 Å². The van der Waals surface area contributed by atoms with E-state index in [0.717, 1.165) is 6.61 Å². The smallest absolute Gasteiger partial charge is 0.0767 e. The molecule has 0 radical (unpaired) electrons. The van der Waals surface area contributed by atoms with Crippen LogP contribution < -0.4 is 0 Å². The molecule has 0 saturated heterocycles. The highest BCUT2D eigenvalue weighted by atomic mass is 28.3. The lowest BCUT2D eigenvalue weighted by Gasteiger charge is -2.23. The summed E-state index contributed by atoms with van der Waals surface area (Å²) in [5.74, 6) is 0. The number of hydrogen-bond donors (Lipinski definition) is 0. The van der Waals surface area contributed by atoms with E-state index < -0.39 is 8.07 Å². The summed E-state index contributed by atoms with van der Waals surface area (Å²) < 4.78 is 5.68. The molecule has 1 aromatic rings. The van der Waals surface area contributed by atoms with E-state index in [9.17, 15) is 0 Å². The molecule has 0 heterocycles. The van der Waals surface area contributed by atoms with E-state index in [-0.39, 0.29) is 0 Å². The number of rotatable bonds is 8. The molecule has 0 aliphatic carbocycles. The first-order valence-electron chi connectivity index (χ1n) is 7.05. The minimum atomic E-state index is -1.11. The van der Waals surface area contributed by atoms with Crippen molar-refractivity contribution in [3.63, 3.8) is 0 Å². The molecule has 0 aliphatic rings. The quantitative estimate of drug-likeness (QED) is 0.483. The molecule has 0 saturated carbocycles. The predicted molar refractivity (Wildman–Crippen MR) is 82.4 cm³/mol. The zero-order valence-corrected chi connectivity index (χ0v) is 13.0.